The van der Waals surface area contributed by atoms with Gasteiger partial charge < -0.3 is 20.7 Å². The van der Waals surface area contributed by atoms with Crippen LogP contribution in [0.5, 0.6) is 0 Å². The molecule has 0 bridgehead atoms. The lowest BCUT2D eigenvalue weighted by molar-refractivity contribution is -0.180. The van der Waals surface area contributed by atoms with Gasteiger partial charge in [0.1, 0.15) is 5.54 Å². The minimum absolute atomic E-state index is 0. The Morgan fingerprint density at radius 2 is 1.74 bits per heavy atom. The third kappa shape index (κ3) is 4.88. The fourth-order valence-corrected chi connectivity index (χ4v) is 3.89. The van der Waals surface area contributed by atoms with E-state index in [9.17, 15) is 9.59 Å². The molecule has 2 aliphatic carbocycles. The molecule has 9 heteroatoms. The van der Waals surface area contributed by atoms with Crippen molar-refractivity contribution >= 4 is 36.6 Å². The van der Waals surface area contributed by atoms with Crippen molar-refractivity contribution in [2.45, 2.75) is 57.7 Å². The second kappa shape index (κ2) is 9.27. The molecule has 3 rings (SSSR count). The van der Waals surface area contributed by atoms with Crippen LogP contribution in [0.1, 0.15) is 40.0 Å². The molecule has 1 aliphatic heterocycles. The predicted octanol–water partition coefficient (Wildman–Crippen LogP) is 0.785. The van der Waals surface area contributed by atoms with Gasteiger partial charge in [-0.25, -0.2) is 0 Å². The summed E-state index contributed by atoms with van der Waals surface area (Å²) in [7, 11) is 0. The summed E-state index contributed by atoms with van der Waals surface area (Å²) in [5.41, 5.74) is 5.30. The van der Waals surface area contributed by atoms with Crippen molar-refractivity contribution in [2.24, 2.45) is 11.1 Å². The number of nitrogens with zero attached hydrogens (tertiary/aromatic N) is 2. The Morgan fingerprint density at radius 1 is 1.15 bits per heavy atom. The average Bonchev–Trinajstić information content (AvgIpc) is 3.38. The molecule has 2 saturated carbocycles. The van der Waals surface area contributed by atoms with Gasteiger partial charge in [-0.15, -0.1) is 24.8 Å². The van der Waals surface area contributed by atoms with Crippen LogP contribution in [-0.4, -0.2) is 78.6 Å². The Kier molecular flexibility index (Phi) is 8.39. The molecule has 0 aromatic rings. The predicted molar refractivity (Wildman–Crippen MR) is 109 cm³/mol. The summed E-state index contributed by atoms with van der Waals surface area (Å²) < 4.78 is 5.72. The van der Waals surface area contributed by atoms with Crippen LogP contribution >= 0.6 is 24.8 Å². The highest BCUT2D eigenvalue weighted by atomic mass is 35.5. The van der Waals surface area contributed by atoms with E-state index in [1.807, 2.05) is 25.7 Å². The van der Waals surface area contributed by atoms with Gasteiger partial charge in [-0.05, 0) is 19.8 Å². The topological polar surface area (TPSA) is 87.9 Å². The van der Waals surface area contributed by atoms with E-state index in [-0.39, 0.29) is 48.1 Å². The maximum absolute atomic E-state index is 13.0. The number of amides is 2. The van der Waals surface area contributed by atoms with E-state index in [4.69, 9.17) is 10.5 Å². The molecular formula is C18H34Cl2N4O3. The van der Waals surface area contributed by atoms with Crippen LogP contribution in [0.4, 0.5) is 0 Å². The zero-order valence-corrected chi connectivity index (χ0v) is 18.2. The molecular weight excluding hydrogens is 391 g/mol. The van der Waals surface area contributed by atoms with E-state index < -0.39 is 5.54 Å². The summed E-state index contributed by atoms with van der Waals surface area (Å²) in [6.07, 6.45) is 2.83. The number of ether oxygens (including phenoxy) is 1. The van der Waals surface area contributed by atoms with Crippen molar-refractivity contribution in [1.82, 2.24) is 15.1 Å². The van der Waals surface area contributed by atoms with Gasteiger partial charge in [-0.1, -0.05) is 13.8 Å². The molecule has 7 nitrogen and oxygen atoms in total. The van der Waals surface area contributed by atoms with Crippen LogP contribution in [-0.2, 0) is 14.3 Å². The van der Waals surface area contributed by atoms with Gasteiger partial charge in [0.15, 0.2) is 0 Å². The fraction of sp³-hybridized carbons (Fsp3) is 0.889. The number of halogens is 2. The lowest BCUT2D eigenvalue weighted by atomic mass is 9.54. The van der Waals surface area contributed by atoms with E-state index in [0.29, 0.717) is 38.7 Å². The van der Waals surface area contributed by atoms with Gasteiger partial charge in [-0.2, -0.15) is 0 Å². The third-order valence-electron chi connectivity index (χ3n) is 6.18. The standard InChI is InChI=1S/C18H32N4O3.2ClH/c1-4-25-14-11-18(19,17(14,2)3)16(24)22-9-7-21(8-10-22)12-15(23)20-13-5-6-13;;/h13-14H,4-12,19H2,1-3H3,(H,20,23);2*1H. The van der Waals surface area contributed by atoms with Crippen molar-refractivity contribution in [3.63, 3.8) is 0 Å². The summed E-state index contributed by atoms with van der Waals surface area (Å²) in [4.78, 5) is 28.9. The SMILES string of the molecule is CCOC1CC(N)(C(=O)N2CCN(CC(=O)NC3CC3)CC2)C1(C)C.Cl.Cl. The summed E-state index contributed by atoms with van der Waals surface area (Å²) in [5, 5.41) is 3.01. The number of rotatable bonds is 6. The first-order valence-electron chi connectivity index (χ1n) is 9.49. The van der Waals surface area contributed by atoms with Crippen LogP contribution < -0.4 is 11.1 Å². The first kappa shape index (κ1) is 24.4. The number of hydrogen-bond donors (Lipinski definition) is 2. The Labute approximate surface area is 174 Å². The summed E-state index contributed by atoms with van der Waals surface area (Å²) in [5.74, 6) is 0.118. The number of carbonyl (C=O) groups excluding carboxylic acids is 2. The summed E-state index contributed by atoms with van der Waals surface area (Å²) in [6.45, 7) is 9.76. The molecule has 0 aromatic carbocycles. The molecule has 0 aromatic heterocycles. The zero-order valence-electron chi connectivity index (χ0n) is 16.5. The molecule has 0 radical (unpaired) electrons. The second-order valence-electron chi connectivity index (χ2n) is 8.25. The maximum atomic E-state index is 13.0. The molecule has 3 aliphatic rings. The fourth-order valence-electron chi connectivity index (χ4n) is 3.89. The van der Waals surface area contributed by atoms with Gasteiger partial charge in [-0.3, -0.25) is 14.5 Å². The van der Waals surface area contributed by atoms with E-state index in [0.717, 1.165) is 25.9 Å². The summed E-state index contributed by atoms with van der Waals surface area (Å²) in [6, 6.07) is 0.395. The molecule has 2 amide bonds. The molecule has 3 N–H and O–H groups in total. The van der Waals surface area contributed by atoms with Crippen LogP contribution in [0.3, 0.4) is 0 Å². The molecule has 2 unspecified atom stereocenters. The number of nitrogens with two attached hydrogens (primary N) is 1. The quantitative estimate of drug-likeness (QED) is 0.657. The van der Waals surface area contributed by atoms with Gasteiger partial charge in [0.2, 0.25) is 11.8 Å². The van der Waals surface area contributed by atoms with Gasteiger partial charge in [0, 0.05) is 50.7 Å². The molecule has 2 atom stereocenters. The minimum atomic E-state index is -0.849. The van der Waals surface area contributed by atoms with Crippen LogP contribution in [0.15, 0.2) is 0 Å². The van der Waals surface area contributed by atoms with Crippen molar-refractivity contribution < 1.29 is 14.3 Å². The molecule has 1 heterocycles. The van der Waals surface area contributed by atoms with Crippen LogP contribution in [0.25, 0.3) is 0 Å². The molecule has 158 valence electrons. The van der Waals surface area contributed by atoms with Crippen molar-refractivity contribution in [1.29, 1.82) is 0 Å². The highest BCUT2D eigenvalue weighted by Gasteiger charge is 2.63. The van der Waals surface area contributed by atoms with Gasteiger partial charge in [0.25, 0.3) is 0 Å². The lowest BCUT2D eigenvalue weighted by Gasteiger charge is -2.59. The third-order valence-corrected chi connectivity index (χ3v) is 6.18. The monoisotopic (exact) mass is 424 g/mol. The Hall–Kier alpha value is -0.600. The van der Waals surface area contributed by atoms with E-state index >= 15 is 0 Å². The Bertz CT molecular complexity index is 537. The first-order valence-corrected chi connectivity index (χ1v) is 9.49. The highest BCUT2D eigenvalue weighted by Crippen LogP contribution is 2.50. The van der Waals surface area contributed by atoms with Crippen molar-refractivity contribution in [2.75, 3.05) is 39.3 Å². The summed E-state index contributed by atoms with van der Waals surface area (Å²) >= 11 is 0. The van der Waals surface area contributed by atoms with E-state index in [2.05, 4.69) is 10.2 Å². The average molecular weight is 425 g/mol. The molecule has 1 saturated heterocycles. The highest BCUT2D eigenvalue weighted by molar-refractivity contribution is 5.89. The second-order valence-corrected chi connectivity index (χ2v) is 8.25. The van der Waals surface area contributed by atoms with Crippen molar-refractivity contribution in [3.8, 4) is 0 Å². The molecule has 0 spiro atoms. The first-order chi connectivity index (χ1) is 11.8. The van der Waals surface area contributed by atoms with E-state index in [1.165, 1.54) is 0 Å². The van der Waals surface area contributed by atoms with E-state index in [1.54, 1.807) is 0 Å². The van der Waals surface area contributed by atoms with Gasteiger partial charge in [0.05, 0.1) is 12.6 Å². The van der Waals surface area contributed by atoms with Crippen LogP contribution in [0, 0.1) is 5.41 Å². The minimum Gasteiger partial charge on any atom is -0.378 e. The van der Waals surface area contributed by atoms with Crippen molar-refractivity contribution in [3.05, 3.63) is 0 Å². The van der Waals surface area contributed by atoms with Gasteiger partial charge >= 0.3 is 0 Å². The number of carbonyl (C=O) groups is 2. The molecule has 3 fully saturated rings. The number of nitrogens with one attached hydrogen (secondary N) is 1. The zero-order chi connectivity index (χ0) is 18.2. The smallest absolute Gasteiger partial charge is 0.243 e. The largest absolute Gasteiger partial charge is 0.378 e. The Morgan fingerprint density at radius 3 is 2.22 bits per heavy atom. The van der Waals surface area contributed by atoms with Crippen LogP contribution in [0.2, 0.25) is 0 Å². The lowest BCUT2D eigenvalue weighted by Crippen LogP contribution is -2.76. The number of piperazine rings is 1. The Balaban J connectivity index is 0.00000182. The molecule has 27 heavy (non-hydrogen) atoms. The number of hydrogen-bond acceptors (Lipinski definition) is 5. The maximum Gasteiger partial charge on any atom is 0.243 e. The normalized spacial score (nSPS) is 29.8.